The molecule has 0 amide bonds. The molecule has 0 radical (unpaired) electrons. The van der Waals surface area contributed by atoms with Crippen molar-refractivity contribution in [3.8, 4) is 11.1 Å². The number of nitrogens with one attached hydrogen (secondary N) is 1. The molecule has 0 bridgehead atoms. The van der Waals surface area contributed by atoms with Crippen LogP contribution in [0.2, 0.25) is 5.02 Å². The second kappa shape index (κ2) is 6.66. The number of hydrogen-bond acceptors (Lipinski definition) is 1. The summed E-state index contributed by atoms with van der Waals surface area (Å²) in [4.78, 5) is 0. The van der Waals surface area contributed by atoms with Crippen molar-refractivity contribution in [3.05, 3.63) is 57.0 Å². The maximum Gasteiger partial charge on any atom is 0.150 e. The van der Waals surface area contributed by atoms with E-state index in [1.807, 2.05) is 6.92 Å². The Balaban J connectivity index is 2.54. The lowest BCUT2D eigenvalue weighted by Gasteiger charge is -2.12. The first-order chi connectivity index (χ1) is 9.54. The first-order valence-corrected chi connectivity index (χ1v) is 7.34. The molecule has 0 aliphatic rings. The molecule has 0 spiro atoms. The first-order valence-electron chi connectivity index (χ1n) is 6.17. The molecule has 1 nitrogen and oxygen atoms in total. The van der Waals surface area contributed by atoms with Crippen molar-refractivity contribution in [2.24, 2.45) is 0 Å². The zero-order valence-corrected chi connectivity index (χ0v) is 13.2. The molecular formula is C15H13BrClF2N. The monoisotopic (exact) mass is 359 g/mol. The molecule has 0 aliphatic carbocycles. The Hall–Kier alpha value is -0.970. The molecule has 0 saturated carbocycles. The molecular weight excluding hydrogens is 348 g/mol. The molecule has 106 valence electrons. The minimum absolute atomic E-state index is 0.0289. The molecule has 0 atom stereocenters. The van der Waals surface area contributed by atoms with Crippen LogP contribution in [-0.4, -0.2) is 6.54 Å². The van der Waals surface area contributed by atoms with Gasteiger partial charge in [-0.05, 0) is 51.8 Å². The van der Waals surface area contributed by atoms with Gasteiger partial charge >= 0.3 is 0 Å². The topological polar surface area (TPSA) is 12.0 Å². The van der Waals surface area contributed by atoms with Gasteiger partial charge in [-0.25, -0.2) is 8.78 Å². The number of benzene rings is 2. The Kier molecular flexibility index (Phi) is 5.13. The first kappa shape index (κ1) is 15.4. The summed E-state index contributed by atoms with van der Waals surface area (Å²) in [6.07, 6.45) is 0. The van der Waals surface area contributed by atoms with Crippen LogP contribution in [-0.2, 0) is 6.54 Å². The van der Waals surface area contributed by atoms with Gasteiger partial charge in [-0.1, -0.05) is 30.7 Å². The average Bonchev–Trinajstić information content (AvgIpc) is 2.44. The standard InChI is InChI=1S/C15H13BrClF2N/c1-2-20-8-9-7-10(18)3-4-11(9)12-5-6-13(16)14(17)15(12)19/h3-7,20H,2,8H2,1H3. The van der Waals surface area contributed by atoms with Crippen LogP contribution in [0, 0.1) is 11.6 Å². The highest BCUT2D eigenvalue weighted by atomic mass is 79.9. The van der Waals surface area contributed by atoms with Crippen LogP contribution >= 0.6 is 27.5 Å². The Labute approximate surface area is 130 Å². The van der Waals surface area contributed by atoms with Crippen LogP contribution in [0.1, 0.15) is 12.5 Å². The van der Waals surface area contributed by atoms with Crippen LogP contribution in [0.5, 0.6) is 0 Å². The lowest BCUT2D eigenvalue weighted by atomic mass is 9.99. The highest BCUT2D eigenvalue weighted by molar-refractivity contribution is 9.10. The van der Waals surface area contributed by atoms with Gasteiger partial charge in [0.05, 0.1) is 5.02 Å². The van der Waals surface area contributed by atoms with E-state index in [1.54, 1.807) is 18.2 Å². The lowest BCUT2D eigenvalue weighted by Crippen LogP contribution is -2.13. The van der Waals surface area contributed by atoms with E-state index in [-0.39, 0.29) is 10.8 Å². The molecule has 0 heterocycles. The molecule has 0 saturated heterocycles. The normalized spacial score (nSPS) is 10.8. The minimum atomic E-state index is -0.509. The van der Waals surface area contributed by atoms with Gasteiger partial charge in [0, 0.05) is 16.6 Å². The fourth-order valence-corrected chi connectivity index (χ4v) is 2.44. The molecule has 5 heteroatoms. The predicted octanol–water partition coefficient (Wildman–Crippen LogP) is 5.16. The molecule has 0 aliphatic heterocycles. The van der Waals surface area contributed by atoms with E-state index < -0.39 is 5.82 Å². The third kappa shape index (κ3) is 3.19. The van der Waals surface area contributed by atoms with Crippen LogP contribution < -0.4 is 5.32 Å². The molecule has 0 unspecified atom stereocenters. The number of rotatable bonds is 4. The summed E-state index contributed by atoms with van der Waals surface area (Å²) in [5.74, 6) is -0.851. The lowest BCUT2D eigenvalue weighted by molar-refractivity contribution is 0.620. The van der Waals surface area contributed by atoms with Crippen molar-refractivity contribution in [3.63, 3.8) is 0 Å². The van der Waals surface area contributed by atoms with E-state index in [0.717, 1.165) is 6.54 Å². The second-order valence-electron chi connectivity index (χ2n) is 4.30. The quantitative estimate of drug-likeness (QED) is 0.743. The zero-order valence-electron chi connectivity index (χ0n) is 10.8. The van der Waals surface area contributed by atoms with Crippen molar-refractivity contribution in [2.75, 3.05) is 6.54 Å². The van der Waals surface area contributed by atoms with Crippen molar-refractivity contribution in [2.45, 2.75) is 13.5 Å². The van der Waals surface area contributed by atoms with Crippen molar-refractivity contribution >= 4 is 27.5 Å². The third-order valence-electron chi connectivity index (χ3n) is 2.96. The molecule has 20 heavy (non-hydrogen) atoms. The van der Waals surface area contributed by atoms with Gasteiger partial charge in [0.25, 0.3) is 0 Å². The van der Waals surface area contributed by atoms with Gasteiger partial charge in [-0.2, -0.15) is 0 Å². The van der Waals surface area contributed by atoms with E-state index in [4.69, 9.17) is 11.6 Å². The highest BCUT2D eigenvalue weighted by Gasteiger charge is 2.15. The van der Waals surface area contributed by atoms with Crippen LogP contribution in [0.4, 0.5) is 8.78 Å². The van der Waals surface area contributed by atoms with Gasteiger partial charge < -0.3 is 5.32 Å². The van der Waals surface area contributed by atoms with Crippen LogP contribution in [0.15, 0.2) is 34.8 Å². The summed E-state index contributed by atoms with van der Waals surface area (Å²) in [6, 6.07) is 7.62. The Bertz CT molecular complexity index is 632. The highest BCUT2D eigenvalue weighted by Crippen LogP contribution is 2.34. The van der Waals surface area contributed by atoms with E-state index in [2.05, 4.69) is 21.2 Å². The van der Waals surface area contributed by atoms with E-state index >= 15 is 0 Å². The predicted molar refractivity (Wildman–Crippen MR) is 81.9 cm³/mol. The van der Waals surface area contributed by atoms with Gasteiger partial charge in [-0.15, -0.1) is 0 Å². The summed E-state index contributed by atoms with van der Waals surface area (Å²) in [5.41, 5.74) is 1.70. The van der Waals surface area contributed by atoms with Gasteiger partial charge in [0.15, 0.2) is 5.82 Å². The maximum absolute atomic E-state index is 14.3. The summed E-state index contributed by atoms with van der Waals surface area (Å²) in [7, 11) is 0. The van der Waals surface area contributed by atoms with Gasteiger partial charge in [-0.3, -0.25) is 0 Å². The fraction of sp³-hybridized carbons (Fsp3) is 0.200. The SMILES string of the molecule is CCNCc1cc(F)ccc1-c1ccc(Br)c(Cl)c1F. The minimum Gasteiger partial charge on any atom is -0.313 e. The second-order valence-corrected chi connectivity index (χ2v) is 5.54. The van der Waals surface area contributed by atoms with E-state index in [0.29, 0.717) is 27.7 Å². The number of hydrogen-bond donors (Lipinski definition) is 1. The molecule has 1 N–H and O–H groups in total. The molecule has 0 fully saturated rings. The largest absolute Gasteiger partial charge is 0.313 e. The number of halogens is 4. The Morgan fingerprint density at radius 2 is 1.85 bits per heavy atom. The zero-order chi connectivity index (χ0) is 14.7. The maximum atomic E-state index is 14.3. The molecule has 0 aromatic heterocycles. The fourth-order valence-electron chi connectivity index (χ4n) is 1.96. The Morgan fingerprint density at radius 1 is 1.15 bits per heavy atom. The van der Waals surface area contributed by atoms with Crippen LogP contribution in [0.25, 0.3) is 11.1 Å². The molecule has 2 rings (SSSR count). The Morgan fingerprint density at radius 3 is 2.55 bits per heavy atom. The van der Waals surface area contributed by atoms with Crippen molar-refractivity contribution in [1.82, 2.24) is 5.32 Å². The van der Waals surface area contributed by atoms with E-state index in [9.17, 15) is 8.78 Å². The smallest absolute Gasteiger partial charge is 0.150 e. The van der Waals surface area contributed by atoms with Crippen molar-refractivity contribution < 1.29 is 8.78 Å². The van der Waals surface area contributed by atoms with Crippen molar-refractivity contribution in [1.29, 1.82) is 0 Å². The van der Waals surface area contributed by atoms with E-state index in [1.165, 1.54) is 12.1 Å². The summed E-state index contributed by atoms with van der Waals surface area (Å²) >= 11 is 9.09. The molecule has 2 aromatic carbocycles. The van der Waals surface area contributed by atoms with Gasteiger partial charge in [0.2, 0.25) is 0 Å². The molecule has 2 aromatic rings. The summed E-state index contributed by atoms with van der Waals surface area (Å²) in [6.45, 7) is 3.17. The van der Waals surface area contributed by atoms with Gasteiger partial charge in [0.1, 0.15) is 5.82 Å². The summed E-state index contributed by atoms with van der Waals surface area (Å²) in [5, 5.41) is 3.14. The summed E-state index contributed by atoms with van der Waals surface area (Å²) < 4.78 is 28.1. The third-order valence-corrected chi connectivity index (χ3v) is 4.22. The van der Waals surface area contributed by atoms with Crippen LogP contribution in [0.3, 0.4) is 0 Å². The average molecular weight is 361 g/mol.